The minimum atomic E-state index is -3.97. The fourth-order valence-corrected chi connectivity index (χ4v) is 10.6. The maximum Gasteiger partial charge on any atom is 0.264 e. The van der Waals surface area contributed by atoms with Crippen molar-refractivity contribution in [2.75, 3.05) is 62.8 Å². The monoisotopic (exact) mass is 803 g/mol. The van der Waals surface area contributed by atoms with Crippen molar-refractivity contribution in [1.82, 2.24) is 15.0 Å². The largest absolute Gasteiger partial charge is 0.490 e. The highest BCUT2D eigenvalue weighted by Crippen LogP contribution is 2.48. The summed E-state index contributed by atoms with van der Waals surface area (Å²) in [6.07, 6.45) is 11.5. The molecule has 3 aromatic rings. The quantitative estimate of drug-likeness (QED) is 0.242. The third-order valence-electron chi connectivity index (χ3n) is 12.8. The molecule has 4 heterocycles. The molecular weight excluding hydrogens is 750 g/mol. The van der Waals surface area contributed by atoms with Gasteiger partial charge in [0.15, 0.2) is 6.29 Å². The van der Waals surface area contributed by atoms with Crippen LogP contribution in [-0.2, 0) is 31.4 Å². The Morgan fingerprint density at radius 2 is 1.88 bits per heavy atom. The number of ether oxygens (including phenoxy) is 2. The molecule has 8 rings (SSSR count). The average Bonchev–Trinajstić information content (AvgIpc) is 3.35. The number of aryl methyl sites for hydroxylation is 1. The van der Waals surface area contributed by atoms with Gasteiger partial charge in [-0.05, 0) is 117 Å². The van der Waals surface area contributed by atoms with Gasteiger partial charge in [-0.2, -0.15) is 0 Å². The Morgan fingerprint density at radius 3 is 2.59 bits per heavy atom. The molecule has 1 saturated heterocycles. The van der Waals surface area contributed by atoms with Crippen molar-refractivity contribution in [1.29, 1.82) is 0 Å². The van der Waals surface area contributed by atoms with Gasteiger partial charge >= 0.3 is 0 Å². The number of benzene rings is 2. The number of nitrogens with one attached hydrogen (secondary N) is 2. The first kappa shape index (κ1) is 40.2. The number of sulfonamides is 1. The Balaban J connectivity index is 0.000000339. The second-order valence-electron chi connectivity index (χ2n) is 16.1. The molecule has 1 spiro atoms. The van der Waals surface area contributed by atoms with Crippen LogP contribution >= 0.6 is 11.6 Å². The molecule has 56 heavy (non-hydrogen) atoms. The van der Waals surface area contributed by atoms with Gasteiger partial charge < -0.3 is 24.6 Å². The SMILES string of the molecule is CO[C@@]1(C=O)/C=C/C[C@H](C)[C@@H](C)S(=O)(=O)NC(=O)c2ccc3c(c2)N(C[C@@H]2CC[C@H]21)C[C@@]1(CCCc2cc(Cl)ccc21)CO3.c1ccc(N2CCNCC2)nc1. The number of amides is 1. The van der Waals surface area contributed by atoms with Crippen LogP contribution in [-0.4, -0.2) is 89.4 Å². The molecule has 5 aliphatic rings. The van der Waals surface area contributed by atoms with Crippen molar-refractivity contribution in [2.45, 2.75) is 68.6 Å². The summed E-state index contributed by atoms with van der Waals surface area (Å²) in [5.41, 5.74) is 2.05. The lowest BCUT2D eigenvalue weighted by molar-refractivity contribution is -0.135. The lowest BCUT2D eigenvalue weighted by Crippen LogP contribution is -2.53. The van der Waals surface area contributed by atoms with E-state index in [1.807, 2.05) is 43.5 Å². The zero-order valence-corrected chi connectivity index (χ0v) is 34.2. The molecule has 0 radical (unpaired) electrons. The van der Waals surface area contributed by atoms with Crippen LogP contribution in [0.5, 0.6) is 5.75 Å². The van der Waals surface area contributed by atoms with Crippen molar-refractivity contribution >= 4 is 45.3 Å². The third kappa shape index (κ3) is 8.21. The van der Waals surface area contributed by atoms with Crippen molar-refractivity contribution in [3.8, 4) is 5.75 Å². The maximum atomic E-state index is 13.4. The molecule has 2 aliphatic carbocycles. The number of anilines is 2. The molecule has 1 amide bonds. The second-order valence-corrected chi connectivity index (χ2v) is 18.6. The van der Waals surface area contributed by atoms with E-state index in [2.05, 4.69) is 43.0 Å². The predicted octanol–water partition coefficient (Wildman–Crippen LogP) is 5.96. The van der Waals surface area contributed by atoms with Gasteiger partial charge in [0.1, 0.15) is 17.2 Å². The smallest absolute Gasteiger partial charge is 0.264 e. The van der Waals surface area contributed by atoms with E-state index in [4.69, 9.17) is 21.1 Å². The first-order valence-electron chi connectivity index (χ1n) is 19.9. The Hall–Kier alpha value is -3.97. The van der Waals surface area contributed by atoms with Crippen molar-refractivity contribution in [3.05, 3.63) is 94.7 Å². The summed E-state index contributed by atoms with van der Waals surface area (Å²) in [6.45, 7) is 9.44. The van der Waals surface area contributed by atoms with E-state index in [1.165, 1.54) is 11.1 Å². The number of nitrogens with zero attached hydrogens (tertiary/aromatic N) is 3. The number of carbonyl (C=O) groups is 2. The van der Waals surface area contributed by atoms with E-state index in [9.17, 15) is 18.0 Å². The van der Waals surface area contributed by atoms with Gasteiger partial charge in [-0.1, -0.05) is 36.7 Å². The molecule has 2 bridgehead atoms. The number of carbonyl (C=O) groups excluding carboxylic acids is 2. The van der Waals surface area contributed by atoms with Gasteiger partial charge in [-0.15, -0.1) is 0 Å². The highest BCUT2D eigenvalue weighted by atomic mass is 35.5. The maximum absolute atomic E-state index is 13.4. The van der Waals surface area contributed by atoms with Gasteiger partial charge in [0.05, 0.1) is 17.5 Å². The number of rotatable bonds is 3. The summed E-state index contributed by atoms with van der Waals surface area (Å²) >= 11 is 6.40. The molecule has 2 N–H and O–H groups in total. The lowest BCUT2D eigenvalue weighted by Gasteiger charge is -2.48. The molecule has 1 saturated carbocycles. The van der Waals surface area contributed by atoms with Gasteiger partial charge in [-0.25, -0.2) is 18.1 Å². The Kier molecular flexibility index (Phi) is 12.1. The molecule has 0 unspecified atom stereocenters. The van der Waals surface area contributed by atoms with Gasteiger partial charge in [0.2, 0.25) is 10.0 Å². The summed E-state index contributed by atoms with van der Waals surface area (Å²) in [5, 5.41) is 3.19. The summed E-state index contributed by atoms with van der Waals surface area (Å²) in [4.78, 5) is 35.0. The van der Waals surface area contributed by atoms with Crippen LogP contribution in [0.1, 0.15) is 67.4 Å². The lowest BCUT2D eigenvalue weighted by atomic mass is 9.64. The summed E-state index contributed by atoms with van der Waals surface area (Å²) in [5.74, 6) is 0.894. The molecule has 13 heteroatoms. The first-order valence-corrected chi connectivity index (χ1v) is 21.8. The average molecular weight is 804 g/mol. The van der Waals surface area contributed by atoms with Crippen LogP contribution in [0.2, 0.25) is 5.02 Å². The number of aldehydes is 1. The van der Waals surface area contributed by atoms with Gasteiger partial charge in [0, 0.05) is 74.5 Å². The van der Waals surface area contributed by atoms with Crippen molar-refractivity contribution < 1.29 is 27.5 Å². The zero-order valence-electron chi connectivity index (χ0n) is 32.6. The molecule has 3 aliphatic heterocycles. The fourth-order valence-electron chi connectivity index (χ4n) is 9.12. The standard InChI is InChI=1S/C34H41ClN2O6S.C9H13N3/c1-22-6-4-15-34(20-38,42-3)29-11-8-26(29)18-37-19-33(14-5-7-24-16-27(35)10-12-28(24)33)21-43-31-13-9-25(17-30(31)37)32(39)36-44(40,41)23(22)2;1-2-4-11-9(3-1)12-7-5-10-6-8-12/h4,9-10,12-13,15-17,20,22-23,26,29H,5-8,11,14,18-19,21H2,1-3H3,(H,36,39);1-4,10H,5-8H2/b15-4+;/t22-,23+,26-,29+,33-,34+;/m0./s1. The van der Waals surface area contributed by atoms with Crippen LogP contribution < -0.4 is 24.6 Å². The Morgan fingerprint density at radius 1 is 1.05 bits per heavy atom. The highest BCUT2D eigenvalue weighted by Gasteiger charge is 2.49. The molecular formula is C43H54ClN5O6S. The van der Waals surface area contributed by atoms with Crippen LogP contribution in [0.15, 0.2) is 72.9 Å². The number of pyridine rings is 1. The number of methoxy groups -OCH3 is 1. The number of fused-ring (bicyclic) bond motifs is 4. The van der Waals surface area contributed by atoms with E-state index in [-0.39, 0.29) is 28.7 Å². The molecule has 300 valence electrons. The van der Waals surface area contributed by atoms with E-state index >= 15 is 0 Å². The number of allylic oxidation sites excluding steroid dienone is 1. The summed E-state index contributed by atoms with van der Waals surface area (Å²) in [6, 6.07) is 17.3. The van der Waals surface area contributed by atoms with E-state index < -0.39 is 26.8 Å². The molecule has 2 fully saturated rings. The first-order chi connectivity index (χ1) is 27.0. The number of piperazine rings is 1. The van der Waals surface area contributed by atoms with Crippen LogP contribution in [0.25, 0.3) is 0 Å². The van der Waals surface area contributed by atoms with E-state index in [0.29, 0.717) is 36.9 Å². The van der Waals surface area contributed by atoms with Crippen molar-refractivity contribution in [3.63, 3.8) is 0 Å². The minimum Gasteiger partial charge on any atom is -0.490 e. The predicted molar refractivity (Wildman–Crippen MR) is 220 cm³/mol. The van der Waals surface area contributed by atoms with Crippen molar-refractivity contribution in [2.24, 2.45) is 17.8 Å². The highest BCUT2D eigenvalue weighted by molar-refractivity contribution is 7.90. The number of hydrogen-bond donors (Lipinski definition) is 2. The van der Waals surface area contributed by atoms with Crippen LogP contribution in [0.3, 0.4) is 0 Å². The van der Waals surface area contributed by atoms with E-state index in [1.54, 1.807) is 32.2 Å². The Labute approximate surface area is 336 Å². The van der Waals surface area contributed by atoms with Gasteiger partial charge in [-0.3, -0.25) is 9.59 Å². The molecule has 6 atom stereocenters. The number of hydrogen-bond acceptors (Lipinski definition) is 10. The van der Waals surface area contributed by atoms with Crippen LogP contribution in [0, 0.1) is 17.8 Å². The number of aromatic nitrogens is 1. The van der Waals surface area contributed by atoms with Crippen LogP contribution in [0.4, 0.5) is 11.5 Å². The normalized spacial score (nSPS) is 30.5. The second kappa shape index (κ2) is 16.9. The number of halogens is 1. The molecule has 11 nitrogen and oxygen atoms in total. The zero-order chi connectivity index (χ0) is 39.5. The summed E-state index contributed by atoms with van der Waals surface area (Å²) in [7, 11) is -2.41. The summed E-state index contributed by atoms with van der Waals surface area (Å²) < 4.78 is 41.3. The molecule has 2 aromatic carbocycles. The van der Waals surface area contributed by atoms with E-state index in [0.717, 1.165) is 76.1 Å². The fraction of sp³-hybridized carbons (Fsp3) is 0.512. The Bertz CT molecular complexity index is 2030. The topological polar surface area (TPSA) is 130 Å². The third-order valence-corrected chi connectivity index (χ3v) is 14.9. The molecule has 1 aromatic heterocycles. The minimum absolute atomic E-state index is 0.0434. The van der Waals surface area contributed by atoms with Gasteiger partial charge in [0.25, 0.3) is 5.91 Å².